The van der Waals surface area contributed by atoms with Gasteiger partial charge in [0.05, 0.1) is 11.4 Å². The van der Waals surface area contributed by atoms with Gasteiger partial charge in [-0.25, -0.2) is 4.68 Å². The Kier molecular flexibility index (Phi) is 4.38. The van der Waals surface area contributed by atoms with Gasteiger partial charge in [0, 0.05) is 12.2 Å². The number of para-hydroxylation sites is 1. The van der Waals surface area contributed by atoms with Crippen LogP contribution in [0.3, 0.4) is 0 Å². The van der Waals surface area contributed by atoms with E-state index in [2.05, 4.69) is 67.7 Å². The van der Waals surface area contributed by atoms with Gasteiger partial charge in [-0.3, -0.25) is 0 Å². The Morgan fingerprint density at radius 2 is 1.95 bits per heavy atom. The van der Waals surface area contributed by atoms with E-state index in [0.717, 1.165) is 17.8 Å². The molecule has 0 saturated carbocycles. The van der Waals surface area contributed by atoms with Crippen LogP contribution in [0.5, 0.6) is 0 Å². The fraction of sp³-hybridized carbons (Fsp3) is 0.438. The topological polar surface area (TPSA) is 29.9 Å². The van der Waals surface area contributed by atoms with E-state index in [1.54, 1.807) is 0 Å². The van der Waals surface area contributed by atoms with Crippen molar-refractivity contribution >= 4 is 0 Å². The van der Waals surface area contributed by atoms with E-state index >= 15 is 0 Å². The summed E-state index contributed by atoms with van der Waals surface area (Å²) in [4.78, 5) is 0. The highest BCUT2D eigenvalue weighted by molar-refractivity contribution is 5.42. The lowest BCUT2D eigenvalue weighted by Crippen LogP contribution is -2.17. The van der Waals surface area contributed by atoms with Crippen molar-refractivity contribution < 1.29 is 0 Å². The van der Waals surface area contributed by atoms with Crippen LogP contribution in [0.4, 0.5) is 0 Å². The maximum atomic E-state index is 4.68. The monoisotopic (exact) mass is 257 g/mol. The number of rotatable bonds is 5. The van der Waals surface area contributed by atoms with E-state index < -0.39 is 0 Å². The molecule has 0 bridgehead atoms. The fourth-order valence-corrected chi connectivity index (χ4v) is 2.35. The lowest BCUT2D eigenvalue weighted by Gasteiger charge is -2.18. The second-order valence-corrected chi connectivity index (χ2v) is 5.15. The Hall–Kier alpha value is -1.61. The predicted octanol–water partition coefficient (Wildman–Crippen LogP) is 3.67. The first-order valence-electron chi connectivity index (χ1n) is 6.99. The zero-order valence-electron chi connectivity index (χ0n) is 12.2. The lowest BCUT2D eigenvalue weighted by atomic mass is 10.0. The van der Waals surface area contributed by atoms with E-state index in [1.807, 2.05) is 11.7 Å². The van der Waals surface area contributed by atoms with Crippen molar-refractivity contribution in [1.29, 1.82) is 0 Å². The molecule has 0 saturated heterocycles. The van der Waals surface area contributed by atoms with Gasteiger partial charge in [-0.1, -0.05) is 39.0 Å². The maximum absolute atomic E-state index is 4.68. The van der Waals surface area contributed by atoms with Crippen molar-refractivity contribution in [3.8, 4) is 5.69 Å². The fourth-order valence-electron chi connectivity index (χ4n) is 2.35. The van der Waals surface area contributed by atoms with Crippen molar-refractivity contribution in [2.45, 2.75) is 39.2 Å². The van der Waals surface area contributed by atoms with Gasteiger partial charge in [0.25, 0.3) is 0 Å². The van der Waals surface area contributed by atoms with Crippen LogP contribution in [0.2, 0.25) is 0 Å². The van der Waals surface area contributed by atoms with Crippen molar-refractivity contribution in [3.63, 3.8) is 0 Å². The lowest BCUT2D eigenvalue weighted by molar-refractivity contribution is 0.571. The van der Waals surface area contributed by atoms with Crippen molar-refractivity contribution in [2.75, 3.05) is 7.05 Å². The molecule has 1 atom stereocenters. The molecule has 1 aromatic carbocycles. The molecule has 1 unspecified atom stereocenters. The molecule has 0 spiro atoms. The molecule has 1 N–H and O–H groups in total. The third-order valence-electron chi connectivity index (χ3n) is 3.52. The second kappa shape index (κ2) is 6.02. The van der Waals surface area contributed by atoms with Crippen LogP contribution in [0.15, 0.2) is 36.5 Å². The number of nitrogens with zero attached hydrogens (tertiary/aromatic N) is 2. The van der Waals surface area contributed by atoms with Gasteiger partial charge in [-0.15, -0.1) is 0 Å². The van der Waals surface area contributed by atoms with Gasteiger partial charge in [0.2, 0.25) is 0 Å². The van der Waals surface area contributed by atoms with E-state index in [9.17, 15) is 0 Å². The summed E-state index contributed by atoms with van der Waals surface area (Å²) in [6, 6.07) is 10.9. The summed E-state index contributed by atoms with van der Waals surface area (Å²) in [6.07, 6.45) is 3.11. The van der Waals surface area contributed by atoms with Crippen LogP contribution < -0.4 is 5.32 Å². The molecule has 0 amide bonds. The van der Waals surface area contributed by atoms with E-state index in [-0.39, 0.29) is 0 Å². The Bertz CT molecular complexity index is 524. The molecule has 102 valence electrons. The van der Waals surface area contributed by atoms with Crippen LogP contribution in [-0.4, -0.2) is 16.8 Å². The molecular formula is C16H23N3. The quantitative estimate of drug-likeness (QED) is 0.885. The average Bonchev–Trinajstić information content (AvgIpc) is 2.90. The van der Waals surface area contributed by atoms with Gasteiger partial charge in [0.15, 0.2) is 0 Å². The molecule has 0 aliphatic heterocycles. The van der Waals surface area contributed by atoms with Crippen molar-refractivity contribution in [2.24, 2.45) is 0 Å². The summed E-state index contributed by atoms with van der Waals surface area (Å²) in [5, 5.41) is 8.05. The Morgan fingerprint density at radius 1 is 1.21 bits per heavy atom. The molecule has 3 nitrogen and oxygen atoms in total. The SMILES string of the molecule is CCC(NC)c1ccccc1-n1ccc(C(C)C)n1. The van der Waals surface area contributed by atoms with Crippen LogP contribution in [-0.2, 0) is 0 Å². The summed E-state index contributed by atoms with van der Waals surface area (Å²) < 4.78 is 1.99. The smallest absolute Gasteiger partial charge is 0.0693 e. The van der Waals surface area contributed by atoms with Crippen LogP contribution in [0.1, 0.15) is 50.4 Å². The Labute approximate surface area is 115 Å². The van der Waals surface area contributed by atoms with Gasteiger partial charge < -0.3 is 5.32 Å². The standard InChI is InChI=1S/C16H23N3/c1-5-14(17-4)13-8-6-7-9-16(13)19-11-10-15(18-19)12(2)3/h6-12,14,17H,5H2,1-4H3. The Morgan fingerprint density at radius 3 is 2.53 bits per heavy atom. The third kappa shape index (κ3) is 2.87. The molecular weight excluding hydrogens is 234 g/mol. The molecule has 2 aromatic rings. The minimum atomic E-state index is 0.364. The van der Waals surface area contributed by atoms with Crippen molar-refractivity contribution in [1.82, 2.24) is 15.1 Å². The highest BCUT2D eigenvalue weighted by Crippen LogP contribution is 2.24. The first-order chi connectivity index (χ1) is 9.17. The first kappa shape index (κ1) is 13.8. The summed E-state index contributed by atoms with van der Waals surface area (Å²) in [6.45, 7) is 6.53. The first-order valence-corrected chi connectivity index (χ1v) is 6.99. The minimum Gasteiger partial charge on any atom is -0.313 e. The summed E-state index contributed by atoms with van der Waals surface area (Å²) in [5.74, 6) is 0.458. The zero-order chi connectivity index (χ0) is 13.8. The zero-order valence-corrected chi connectivity index (χ0v) is 12.2. The van der Waals surface area contributed by atoms with Gasteiger partial charge >= 0.3 is 0 Å². The van der Waals surface area contributed by atoms with Crippen LogP contribution in [0.25, 0.3) is 5.69 Å². The Balaban J connectivity index is 2.43. The normalized spacial score (nSPS) is 12.9. The number of nitrogens with one attached hydrogen (secondary N) is 1. The third-order valence-corrected chi connectivity index (χ3v) is 3.52. The summed E-state index contributed by atoms with van der Waals surface area (Å²) >= 11 is 0. The predicted molar refractivity (Wildman–Crippen MR) is 79.7 cm³/mol. The molecule has 0 fully saturated rings. The largest absolute Gasteiger partial charge is 0.313 e. The van der Waals surface area contributed by atoms with Crippen LogP contribution in [0, 0.1) is 0 Å². The maximum Gasteiger partial charge on any atom is 0.0693 e. The van der Waals surface area contributed by atoms with Crippen molar-refractivity contribution in [3.05, 3.63) is 47.8 Å². The van der Waals surface area contributed by atoms with E-state index in [0.29, 0.717) is 12.0 Å². The molecule has 0 radical (unpaired) electrons. The summed E-state index contributed by atoms with van der Waals surface area (Å²) in [7, 11) is 2.01. The van der Waals surface area contributed by atoms with Gasteiger partial charge in [-0.05, 0) is 37.1 Å². The van der Waals surface area contributed by atoms with E-state index in [4.69, 9.17) is 0 Å². The molecule has 3 heteroatoms. The highest BCUT2D eigenvalue weighted by atomic mass is 15.3. The second-order valence-electron chi connectivity index (χ2n) is 5.15. The number of benzene rings is 1. The highest BCUT2D eigenvalue weighted by Gasteiger charge is 2.13. The van der Waals surface area contributed by atoms with Crippen LogP contribution >= 0.6 is 0 Å². The molecule has 0 aliphatic rings. The number of aromatic nitrogens is 2. The van der Waals surface area contributed by atoms with Gasteiger partial charge in [0.1, 0.15) is 0 Å². The molecule has 19 heavy (non-hydrogen) atoms. The average molecular weight is 257 g/mol. The minimum absolute atomic E-state index is 0.364. The molecule has 1 aromatic heterocycles. The van der Waals surface area contributed by atoms with Gasteiger partial charge in [-0.2, -0.15) is 5.10 Å². The molecule has 2 rings (SSSR count). The molecule has 0 aliphatic carbocycles. The number of hydrogen-bond acceptors (Lipinski definition) is 2. The molecule has 1 heterocycles. The van der Waals surface area contributed by atoms with E-state index in [1.165, 1.54) is 5.56 Å². The summed E-state index contributed by atoms with van der Waals surface area (Å²) in [5.41, 5.74) is 3.59. The number of hydrogen-bond donors (Lipinski definition) is 1.